The van der Waals surface area contributed by atoms with Crippen LogP contribution >= 0.6 is 0 Å². The fraction of sp³-hybridized carbons (Fsp3) is 0.389. The van der Waals surface area contributed by atoms with E-state index >= 15 is 0 Å². The molecule has 1 unspecified atom stereocenters. The van der Waals surface area contributed by atoms with Crippen LogP contribution in [0.1, 0.15) is 31.3 Å². The first-order valence-corrected chi connectivity index (χ1v) is 10.2. The van der Waals surface area contributed by atoms with Crippen LogP contribution in [0.2, 0.25) is 0 Å². The number of sulfonamides is 1. The van der Waals surface area contributed by atoms with Crippen LogP contribution in [0.5, 0.6) is 0 Å². The van der Waals surface area contributed by atoms with Crippen LogP contribution in [0.3, 0.4) is 0 Å². The van der Waals surface area contributed by atoms with Crippen molar-refractivity contribution in [1.82, 2.24) is 28.9 Å². The number of benzene rings is 1. The van der Waals surface area contributed by atoms with Crippen LogP contribution < -0.4 is 0 Å². The van der Waals surface area contributed by atoms with Crippen molar-refractivity contribution in [3.8, 4) is 0 Å². The molecule has 1 fully saturated rings. The van der Waals surface area contributed by atoms with Crippen molar-refractivity contribution in [2.75, 3.05) is 6.54 Å². The van der Waals surface area contributed by atoms with E-state index in [1.165, 1.54) is 15.2 Å². The maximum Gasteiger partial charge on any atom is 0.262 e. The van der Waals surface area contributed by atoms with Gasteiger partial charge in [0.15, 0.2) is 5.03 Å². The number of rotatable bonds is 5. The number of hydrogen-bond donors (Lipinski definition) is 0. The van der Waals surface area contributed by atoms with Crippen LogP contribution in [0.25, 0.3) is 0 Å². The molecule has 142 valence electrons. The summed E-state index contributed by atoms with van der Waals surface area (Å²) in [6, 6.07) is 9.70. The predicted octanol–water partition coefficient (Wildman–Crippen LogP) is 1.83. The number of imidazole rings is 1. The molecule has 0 spiro atoms. The number of aromatic nitrogens is 5. The molecule has 3 heterocycles. The Balaban J connectivity index is 1.70. The minimum absolute atomic E-state index is 0.0872. The average molecular weight is 386 g/mol. The molecule has 1 aromatic carbocycles. The molecule has 8 nitrogen and oxygen atoms in total. The van der Waals surface area contributed by atoms with E-state index < -0.39 is 10.0 Å². The standard InChI is InChI=1S/C18H22N6O2S/c1-18(2)13-24(27(25,26)15-11-20-21-22(15)3)16(18)17-19-9-10-23(17)12-14-7-5-4-6-8-14/h4-11,16H,12-13H2,1-3H3. The smallest absolute Gasteiger partial charge is 0.262 e. The summed E-state index contributed by atoms with van der Waals surface area (Å²) < 4.78 is 31.1. The lowest BCUT2D eigenvalue weighted by Gasteiger charge is -2.52. The Morgan fingerprint density at radius 1 is 1.22 bits per heavy atom. The second-order valence-electron chi connectivity index (χ2n) is 7.54. The highest BCUT2D eigenvalue weighted by atomic mass is 32.2. The first-order valence-electron chi connectivity index (χ1n) is 8.72. The highest BCUT2D eigenvalue weighted by Crippen LogP contribution is 2.50. The van der Waals surface area contributed by atoms with E-state index in [4.69, 9.17) is 0 Å². The zero-order valence-electron chi connectivity index (χ0n) is 15.5. The van der Waals surface area contributed by atoms with Gasteiger partial charge >= 0.3 is 0 Å². The van der Waals surface area contributed by atoms with E-state index in [-0.39, 0.29) is 16.5 Å². The van der Waals surface area contributed by atoms with Gasteiger partial charge in [0, 0.05) is 37.9 Å². The van der Waals surface area contributed by atoms with E-state index in [1.54, 1.807) is 13.2 Å². The van der Waals surface area contributed by atoms with Crippen molar-refractivity contribution < 1.29 is 8.42 Å². The highest BCUT2D eigenvalue weighted by molar-refractivity contribution is 7.89. The lowest BCUT2D eigenvalue weighted by Crippen LogP contribution is -2.58. The van der Waals surface area contributed by atoms with E-state index in [0.717, 1.165) is 11.4 Å². The molecular formula is C18H22N6O2S. The fourth-order valence-electron chi connectivity index (χ4n) is 3.67. The van der Waals surface area contributed by atoms with Crippen molar-refractivity contribution in [3.05, 3.63) is 60.3 Å². The third kappa shape index (κ3) is 2.96. The van der Waals surface area contributed by atoms with Gasteiger partial charge in [-0.25, -0.2) is 18.1 Å². The van der Waals surface area contributed by atoms with Gasteiger partial charge in [0.25, 0.3) is 10.0 Å². The van der Waals surface area contributed by atoms with Crippen LogP contribution in [0.15, 0.2) is 53.9 Å². The molecule has 4 rings (SSSR count). The van der Waals surface area contributed by atoms with E-state index in [2.05, 4.69) is 29.1 Å². The topological polar surface area (TPSA) is 85.9 Å². The molecule has 0 aliphatic carbocycles. The van der Waals surface area contributed by atoms with Gasteiger partial charge in [0.05, 0.1) is 12.2 Å². The van der Waals surface area contributed by atoms with Gasteiger partial charge in [-0.2, -0.15) is 4.31 Å². The fourth-order valence-corrected chi connectivity index (χ4v) is 5.63. The maximum absolute atomic E-state index is 13.1. The number of hydrogen-bond acceptors (Lipinski definition) is 5. The summed E-state index contributed by atoms with van der Waals surface area (Å²) in [5, 5.41) is 7.56. The largest absolute Gasteiger partial charge is 0.329 e. The van der Waals surface area contributed by atoms with Gasteiger partial charge in [-0.3, -0.25) is 0 Å². The molecule has 1 aliphatic heterocycles. The quantitative estimate of drug-likeness (QED) is 0.668. The third-order valence-electron chi connectivity index (χ3n) is 5.03. The Morgan fingerprint density at radius 2 is 1.96 bits per heavy atom. The van der Waals surface area contributed by atoms with Crippen molar-refractivity contribution in [1.29, 1.82) is 0 Å². The first kappa shape index (κ1) is 17.9. The molecule has 3 aromatic rings. The van der Waals surface area contributed by atoms with Crippen molar-refractivity contribution in [2.24, 2.45) is 12.5 Å². The molecule has 1 saturated heterocycles. The molecule has 0 radical (unpaired) electrons. The molecular weight excluding hydrogens is 364 g/mol. The molecule has 0 bridgehead atoms. The Kier molecular flexibility index (Phi) is 4.15. The molecule has 0 amide bonds. The summed E-state index contributed by atoms with van der Waals surface area (Å²) in [6.45, 7) is 5.19. The van der Waals surface area contributed by atoms with Crippen molar-refractivity contribution in [3.63, 3.8) is 0 Å². The third-order valence-corrected chi connectivity index (χ3v) is 6.88. The molecule has 27 heavy (non-hydrogen) atoms. The van der Waals surface area contributed by atoms with E-state index in [1.807, 2.05) is 41.1 Å². The second kappa shape index (κ2) is 6.28. The van der Waals surface area contributed by atoms with Crippen LogP contribution in [0, 0.1) is 5.41 Å². The summed E-state index contributed by atoms with van der Waals surface area (Å²) in [5.41, 5.74) is 0.915. The van der Waals surface area contributed by atoms with Gasteiger partial charge in [0.1, 0.15) is 5.82 Å². The molecule has 1 aliphatic rings. The van der Waals surface area contributed by atoms with Crippen molar-refractivity contribution in [2.45, 2.75) is 31.5 Å². The molecule has 2 aromatic heterocycles. The van der Waals surface area contributed by atoms with Crippen LogP contribution in [0.4, 0.5) is 0 Å². The average Bonchev–Trinajstić information content (AvgIpc) is 3.24. The zero-order valence-corrected chi connectivity index (χ0v) is 16.3. The maximum atomic E-state index is 13.1. The van der Waals surface area contributed by atoms with Crippen molar-refractivity contribution >= 4 is 10.0 Å². The van der Waals surface area contributed by atoms with Gasteiger partial charge in [0.2, 0.25) is 0 Å². The normalized spacial score (nSPS) is 19.7. The molecule has 0 saturated carbocycles. The lowest BCUT2D eigenvalue weighted by molar-refractivity contribution is 0.0113. The van der Waals surface area contributed by atoms with E-state index in [0.29, 0.717) is 13.1 Å². The van der Waals surface area contributed by atoms with E-state index in [9.17, 15) is 8.42 Å². The van der Waals surface area contributed by atoms with Gasteiger partial charge in [-0.1, -0.05) is 49.4 Å². The molecule has 1 atom stereocenters. The van der Waals surface area contributed by atoms with Crippen LogP contribution in [-0.2, 0) is 23.6 Å². The van der Waals surface area contributed by atoms with Gasteiger partial charge in [-0.15, -0.1) is 5.10 Å². The monoisotopic (exact) mass is 386 g/mol. The lowest BCUT2D eigenvalue weighted by atomic mass is 9.76. The minimum Gasteiger partial charge on any atom is -0.329 e. The first-order chi connectivity index (χ1) is 12.8. The Hall–Kier alpha value is -2.52. The van der Waals surface area contributed by atoms with Gasteiger partial charge in [-0.05, 0) is 5.56 Å². The second-order valence-corrected chi connectivity index (χ2v) is 9.37. The molecule has 0 N–H and O–H groups in total. The predicted molar refractivity (Wildman–Crippen MR) is 99.2 cm³/mol. The Bertz CT molecular complexity index is 1050. The van der Waals surface area contributed by atoms with Crippen LogP contribution in [-0.4, -0.2) is 43.8 Å². The SMILES string of the molecule is Cn1nncc1S(=O)(=O)N1CC(C)(C)C1c1nccn1Cc1ccccc1. The summed E-state index contributed by atoms with van der Waals surface area (Å²) in [4.78, 5) is 4.52. The summed E-state index contributed by atoms with van der Waals surface area (Å²) in [5.74, 6) is 0.744. The highest BCUT2D eigenvalue weighted by Gasteiger charge is 2.54. The van der Waals surface area contributed by atoms with Gasteiger partial charge < -0.3 is 4.57 Å². The summed E-state index contributed by atoms with van der Waals surface area (Å²) in [7, 11) is -2.13. The Labute approximate surface area is 158 Å². The number of aryl methyl sites for hydroxylation is 1. The molecule has 9 heteroatoms. The zero-order chi connectivity index (χ0) is 19.2. The summed E-state index contributed by atoms with van der Waals surface area (Å²) >= 11 is 0. The minimum atomic E-state index is -3.71. The Morgan fingerprint density at radius 3 is 2.59 bits per heavy atom. The summed E-state index contributed by atoms with van der Waals surface area (Å²) in [6.07, 6.45) is 4.91. The number of nitrogens with zero attached hydrogens (tertiary/aromatic N) is 6.